The Kier molecular flexibility index (Phi) is 6.06. The first-order valence-electron chi connectivity index (χ1n) is 11.2. The van der Waals surface area contributed by atoms with Crippen LogP contribution in [0.25, 0.3) is 22.3 Å². The second-order valence-electron chi connectivity index (χ2n) is 8.41. The minimum Gasteiger partial charge on any atom is -0.496 e. The van der Waals surface area contributed by atoms with E-state index in [1.165, 1.54) is 26.3 Å². The van der Waals surface area contributed by atoms with Crippen molar-refractivity contribution in [2.75, 3.05) is 12.8 Å². The van der Waals surface area contributed by atoms with Gasteiger partial charge in [0.05, 0.1) is 24.1 Å². The number of nitrogens with two attached hydrogens (primary N) is 1. The van der Waals surface area contributed by atoms with Gasteiger partial charge >= 0.3 is 0 Å². The molecular formula is C25H25ClN6O2. The summed E-state index contributed by atoms with van der Waals surface area (Å²) in [5.41, 5.74) is 10.1. The molecule has 1 amide bonds. The molecule has 0 radical (unpaired) electrons. The highest BCUT2D eigenvalue weighted by molar-refractivity contribution is 6.31. The predicted octanol–water partition coefficient (Wildman–Crippen LogP) is 4.78. The van der Waals surface area contributed by atoms with Gasteiger partial charge in [-0.1, -0.05) is 48.7 Å². The Bertz CT molecular complexity index is 1350. The van der Waals surface area contributed by atoms with Gasteiger partial charge in [-0.25, -0.2) is 14.6 Å². The average Bonchev–Trinajstić information content (AvgIpc) is 3.52. The number of fused-ring (bicyclic) bond motifs is 1. The lowest BCUT2D eigenvalue weighted by molar-refractivity contribution is 0.0948. The van der Waals surface area contributed by atoms with E-state index < -0.39 is 0 Å². The zero-order chi connectivity index (χ0) is 23.7. The number of carbonyl (C=O) groups is 1. The molecule has 1 fully saturated rings. The van der Waals surface area contributed by atoms with Gasteiger partial charge in [-0.3, -0.25) is 4.79 Å². The number of amides is 1. The number of carbonyl (C=O) groups excluding carboxylic acids is 1. The van der Waals surface area contributed by atoms with Crippen molar-refractivity contribution < 1.29 is 9.53 Å². The summed E-state index contributed by atoms with van der Waals surface area (Å²) in [6.07, 6.45) is 6.08. The molecule has 2 aromatic heterocycles. The summed E-state index contributed by atoms with van der Waals surface area (Å²) >= 11 is 6.05. The second kappa shape index (κ2) is 9.30. The lowest BCUT2D eigenvalue weighted by Gasteiger charge is -2.10. The molecule has 1 aliphatic carbocycles. The number of methoxy groups -OCH3 is 1. The number of hydrogen-bond donors (Lipinski definition) is 2. The van der Waals surface area contributed by atoms with E-state index in [-0.39, 0.29) is 5.91 Å². The van der Waals surface area contributed by atoms with Crippen molar-refractivity contribution in [2.45, 2.75) is 38.3 Å². The molecule has 5 rings (SSSR count). The molecule has 1 aliphatic rings. The Morgan fingerprint density at radius 1 is 1.18 bits per heavy atom. The minimum atomic E-state index is -0.255. The number of ether oxygens (including phenoxy) is 1. The normalized spacial score (nSPS) is 13.9. The first-order chi connectivity index (χ1) is 16.5. The number of nitrogens with one attached hydrogen (secondary N) is 1. The summed E-state index contributed by atoms with van der Waals surface area (Å²) in [6, 6.07) is 13.2. The third-order valence-electron chi connectivity index (χ3n) is 6.28. The van der Waals surface area contributed by atoms with E-state index in [4.69, 9.17) is 27.2 Å². The van der Waals surface area contributed by atoms with E-state index in [9.17, 15) is 4.79 Å². The van der Waals surface area contributed by atoms with Crippen LogP contribution in [0.2, 0.25) is 5.02 Å². The van der Waals surface area contributed by atoms with E-state index in [1.807, 2.05) is 28.9 Å². The maximum atomic E-state index is 12.7. The van der Waals surface area contributed by atoms with E-state index in [1.54, 1.807) is 18.2 Å². The monoisotopic (exact) mass is 476 g/mol. The minimum absolute atomic E-state index is 0.255. The van der Waals surface area contributed by atoms with Gasteiger partial charge in [0.15, 0.2) is 5.65 Å². The molecule has 8 nitrogen and oxygen atoms in total. The zero-order valence-corrected chi connectivity index (χ0v) is 19.5. The molecule has 0 aliphatic heterocycles. The lowest BCUT2D eigenvalue weighted by Crippen LogP contribution is -2.23. The smallest absolute Gasteiger partial charge is 0.255 e. The van der Waals surface area contributed by atoms with Crippen LogP contribution >= 0.6 is 11.6 Å². The van der Waals surface area contributed by atoms with Crippen LogP contribution in [0.5, 0.6) is 5.75 Å². The van der Waals surface area contributed by atoms with Crippen LogP contribution in [0, 0.1) is 0 Å². The fourth-order valence-electron chi connectivity index (χ4n) is 4.52. The van der Waals surface area contributed by atoms with Crippen LogP contribution in [0.15, 0.2) is 48.8 Å². The zero-order valence-electron chi connectivity index (χ0n) is 18.8. The molecule has 4 aromatic rings. The maximum Gasteiger partial charge on any atom is 0.255 e. The molecular weight excluding hydrogens is 452 g/mol. The van der Waals surface area contributed by atoms with E-state index in [0.717, 1.165) is 40.7 Å². The first-order valence-corrected chi connectivity index (χ1v) is 11.6. The number of halogens is 1. The van der Waals surface area contributed by atoms with Crippen molar-refractivity contribution in [1.29, 1.82) is 0 Å². The van der Waals surface area contributed by atoms with E-state index >= 15 is 0 Å². The van der Waals surface area contributed by atoms with Crippen LogP contribution in [0.4, 0.5) is 5.82 Å². The van der Waals surface area contributed by atoms with Crippen molar-refractivity contribution in [2.24, 2.45) is 0 Å². The maximum absolute atomic E-state index is 12.7. The number of aromatic nitrogens is 4. The van der Waals surface area contributed by atoms with Crippen LogP contribution in [-0.2, 0) is 6.54 Å². The van der Waals surface area contributed by atoms with Crippen molar-refractivity contribution in [1.82, 2.24) is 25.1 Å². The van der Waals surface area contributed by atoms with Crippen LogP contribution in [-0.4, -0.2) is 32.8 Å². The molecule has 9 heteroatoms. The van der Waals surface area contributed by atoms with E-state index in [0.29, 0.717) is 34.7 Å². The Balaban J connectivity index is 1.38. The average molecular weight is 477 g/mol. The Hall–Kier alpha value is -3.65. The van der Waals surface area contributed by atoms with Gasteiger partial charge in [0.1, 0.15) is 23.6 Å². The summed E-state index contributed by atoms with van der Waals surface area (Å²) in [4.78, 5) is 21.3. The third kappa shape index (κ3) is 4.17. The predicted molar refractivity (Wildman–Crippen MR) is 132 cm³/mol. The van der Waals surface area contributed by atoms with Crippen molar-refractivity contribution >= 4 is 34.4 Å². The molecule has 3 N–H and O–H groups in total. The highest BCUT2D eigenvalue weighted by Gasteiger charge is 2.24. The molecule has 0 atom stereocenters. The lowest BCUT2D eigenvalue weighted by atomic mass is 10.1. The topological polar surface area (TPSA) is 108 Å². The molecule has 2 aromatic carbocycles. The Morgan fingerprint density at radius 3 is 2.68 bits per heavy atom. The summed E-state index contributed by atoms with van der Waals surface area (Å²) < 4.78 is 7.29. The molecule has 174 valence electrons. The van der Waals surface area contributed by atoms with Gasteiger partial charge in [0, 0.05) is 17.1 Å². The van der Waals surface area contributed by atoms with Crippen LogP contribution in [0.1, 0.15) is 47.6 Å². The molecule has 1 saturated carbocycles. The fourth-order valence-corrected chi connectivity index (χ4v) is 4.69. The van der Waals surface area contributed by atoms with Gasteiger partial charge < -0.3 is 15.8 Å². The summed E-state index contributed by atoms with van der Waals surface area (Å²) in [5.74, 6) is 0.646. The largest absolute Gasteiger partial charge is 0.496 e. The van der Waals surface area contributed by atoms with Crippen LogP contribution < -0.4 is 15.8 Å². The number of rotatable bonds is 6. The van der Waals surface area contributed by atoms with Crippen LogP contribution in [0.3, 0.4) is 0 Å². The fraction of sp³-hybridized carbons (Fsp3) is 0.280. The SMILES string of the molecule is COc1ccc(Cl)cc1C(=O)NCc1ccc(-c2nn(C3CCCC3)c3ncnc(N)c23)cc1. The first kappa shape index (κ1) is 22.2. The summed E-state index contributed by atoms with van der Waals surface area (Å²) in [7, 11) is 1.52. The molecule has 34 heavy (non-hydrogen) atoms. The number of anilines is 1. The van der Waals surface area contributed by atoms with Gasteiger partial charge in [-0.2, -0.15) is 5.10 Å². The number of nitrogen functional groups attached to an aromatic ring is 1. The summed E-state index contributed by atoms with van der Waals surface area (Å²) in [5, 5.41) is 9.09. The molecule has 0 unspecified atom stereocenters. The summed E-state index contributed by atoms with van der Waals surface area (Å²) in [6.45, 7) is 0.358. The van der Waals surface area contributed by atoms with Gasteiger partial charge in [0.25, 0.3) is 5.91 Å². The quantitative estimate of drug-likeness (QED) is 0.414. The third-order valence-corrected chi connectivity index (χ3v) is 6.51. The highest BCUT2D eigenvalue weighted by Crippen LogP contribution is 2.36. The molecule has 0 spiro atoms. The number of hydrogen-bond acceptors (Lipinski definition) is 6. The molecule has 0 saturated heterocycles. The second-order valence-corrected chi connectivity index (χ2v) is 8.85. The molecule has 0 bridgehead atoms. The number of benzene rings is 2. The highest BCUT2D eigenvalue weighted by atomic mass is 35.5. The van der Waals surface area contributed by atoms with Crippen molar-refractivity contribution in [3.05, 3.63) is 64.9 Å². The van der Waals surface area contributed by atoms with Crippen molar-refractivity contribution in [3.8, 4) is 17.0 Å². The Morgan fingerprint density at radius 2 is 1.94 bits per heavy atom. The van der Waals surface area contributed by atoms with Crippen molar-refractivity contribution in [3.63, 3.8) is 0 Å². The number of nitrogens with zero attached hydrogens (tertiary/aromatic N) is 4. The van der Waals surface area contributed by atoms with E-state index in [2.05, 4.69) is 15.3 Å². The van der Waals surface area contributed by atoms with Gasteiger partial charge in [0.2, 0.25) is 0 Å². The molecule has 2 heterocycles. The van der Waals surface area contributed by atoms with Gasteiger partial charge in [-0.05, 0) is 36.6 Å². The Labute approximate surface area is 202 Å². The standard InChI is InChI=1S/C25H25ClN6O2/c1-34-20-11-10-17(26)12-19(20)25(33)28-13-15-6-8-16(9-7-15)22-21-23(27)29-14-30-24(21)32(31-22)18-4-2-3-5-18/h6-12,14,18H,2-5,13H2,1H3,(H,28,33)(H2,27,29,30). The van der Waals surface area contributed by atoms with Gasteiger partial charge in [-0.15, -0.1) is 0 Å².